The number of benzene rings is 1. The highest BCUT2D eigenvalue weighted by atomic mass is 16.1. The van der Waals surface area contributed by atoms with Gasteiger partial charge in [0, 0.05) is 24.2 Å². The number of carbonyl (C=O) groups is 1. The van der Waals surface area contributed by atoms with E-state index in [0.717, 1.165) is 28.2 Å². The second-order valence-corrected chi connectivity index (χ2v) is 6.28. The summed E-state index contributed by atoms with van der Waals surface area (Å²) in [6, 6.07) is 13.8. The first-order valence-electron chi connectivity index (χ1n) is 8.55. The van der Waals surface area contributed by atoms with E-state index in [0.29, 0.717) is 0 Å². The lowest BCUT2D eigenvalue weighted by molar-refractivity contribution is -0.117. The van der Waals surface area contributed by atoms with Crippen LogP contribution in [0.15, 0.2) is 60.9 Å². The van der Waals surface area contributed by atoms with Crippen LogP contribution in [0.3, 0.4) is 0 Å². The van der Waals surface area contributed by atoms with E-state index in [1.807, 2.05) is 67.9 Å². The molecule has 0 aliphatic carbocycles. The first-order valence-corrected chi connectivity index (χ1v) is 8.55. The number of nitrogens with one attached hydrogen (secondary N) is 1. The molecule has 5 heteroatoms. The smallest absolute Gasteiger partial charge is 0.244 e. The molecule has 0 aliphatic rings. The summed E-state index contributed by atoms with van der Waals surface area (Å²) < 4.78 is 1.92. The van der Waals surface area contributed by atoms with Crippen LogP contribution < -0.4 is 5.32 Å². The fourth-order valence-corrected chi connectivity index (χ4v) is 2.79. The van der Waals surface area contributed by atoms with Gasteiger partial charge in [0.1, 0.15) is 0 Å². The van der Waals surface area contributed by atoms with Gasteiger partial charge in [0.25, 0.3) is 0 Å². The first-order chi connectivity index (χ1) is 12.5. The Morgan fingerprint density at radius 1 is 1.19 bits per heavy atom. The van der Waals surface area contributed by atoms with Crippen LogP contribution >= 0.6 is 0 Å². The van der Waals surface area contributed by atoms with Crippen LogP contribution in [0, 0.1) is 13.8 Å². The van der Waals surface area contributed by atoms with E-state index in [-0.39, 0.29) is 11.9 Å². The molecule has 5 nitrogen and oxygen atoms in total. The Kier molecular flexibility index (Phi) is 5.27. The van der Waals surface area contributed by atoms with E-state index in [9.17, 15) is 4.79 Å². The van der Waals surface area contributed by atoms with Crippen LogP contribution in [-0.4, -0.2) is 20.7 Å². The third-order valence-electron chi connectivity index (χ3n) is 4.12. The molecule has 0 spiro atoms. The quantitative estimate of drug-likeness (QED) is 0.715. The number of pyridine rings is 1. The molecule has 0 bridgehead atoms. The minimum Gasteiger partial charge on any atom is -0.346 e. The lowest BCUT2D eigenvalue weighted by atomic mass is 10.1. The fraction of sp³-hybridized carbons (Fsp3) is 0.190. The number of aromatic nitrogens is 3. The van der Waals surface area contributed by atoms with Gasteiger partial charge >= 0.3 is 0 Å². The van der Waals surface area contributed by atoms with Crippen LogP contribution in [0.5, 0.6) is 0 Å². The van der Waals surface area contributed by atoms with E-state index < -0.39 is 0 Å². The molecule has 1 aromatic carbocycles. The Morgan fingerprint density at radius 3 is 2.58 bits per heavy atom. The predicted octanol–water partition coefficient (Wildman–Crippen LogP) is 3.77. The molecule has 0 fully saturated rings. The Morgan fingerprint density at radius 2 is 1.96 bits per heavy atom. The summed E-state index contributed by atoms with van der Waals surface area (Å²) in [5.74, 6) is -0.135. The van der Waals surface area contributed by atoms with Gasteiger partial charge in [-0.25, -0.2) is 4.68 Å². The standard InChI is InChI=1S/C21H22N4O/c1-15-13-16(2)25(24-15)20-9-7-19(8-10-20)17(3)23-21(26)11-6-18-5-4-12-22-14-18/h4-14,17H,1-3H3,(H,23,26)/b11-6+/t17-/m0/s1. The third-order valence-corrected chi connectivity index (χ3v) is 4.12. The van der Waals surface area contributed by atoms with Crippen molar-refractivity contribution in [3.63, 3.8) is 0 Å². The van der Waals surface area contributed by atoms with Crippen molar-refractivity contribution in [3.8, 4) is 5.69 Å². The zero-order valence-electron chi connectivity index (χ0n) is 15.2. The minimum atomic E-state index is -0.135. The number of carbonyl (C=O) groups excluding carboxylic acids is 1. The highest BCUT2D eigenvalue weighted by Gasteiger charge is 2.09. The van der Waals surface area contributed by atoms with Crippen molar-refractivity contribution in [1.29, 1.82) is 0 Å². The number of aryl methyl sites for hydroxylation is 2. The molecule has 1 N–H and O–H groups in total. The Balaban J connectivity index is 1.64. The first kappa shape index (κ1) is 17.6. The van der Waals surface area contributed by atoms with Gasteiger partial charge in [0.05, 0.1) is 17.4 Å². The van der Waals surface area contributed by atoms with Crippen LogP contribution in [-0.2, 0) is 4.79 Å². The van der Waals surface area contributed by atoms with Gasteiger partial charge in [-0.3, -0.25) is 9.78 Å². The minimum absolute atomic E-state index is 0.0875. The zero-order chi connectivity index (χ0) is 18.5. The average molecular weight is 346 g/mol. The molecule has 0 saturated heterocycles. The maximum absolute atomic E-state index is 12.1. The van der Waals surface area contributed by atoms with Crippen molar-refractivity contribution in [3.05, 3.63) is 83.4 Å². The van der Waals surface area contributed by atoms with Crippen LogP contribution in [0.25, 0.3) is 11.8 Å². The van der Waals surface area contributed by atoms with Gasteiger partial charge in [0.2, 0.25) is 5.91 Å². The molecule has 0 unspecified atom stereocenters. The summed E-state index contributed by atoms with van der Waals surface area (Å²) in [6.45, 7) is 5.98. The van der Waals surface area contributed by atoms with Crippen molar-refractivity contribution in [1.82, 2.24) is 20.1 Å². The number of hydrogen-bond donors (Lipinski definition) is 1. The highest BCUT2D eigenvalue weighted by molar-refractivity contribution is 5.91. The SMILES string of the molecule is Cc1cc(C)n(-c2ccc([C@H](C)NC(=O)/C=C/c3cccnc3)cc2)n1. The maximum atomic E-state index is 12.1. The van der Waals surface area contributed by atoms with Crippen molar-refractivity contribution < 1.29 is 4.79 Å². The predicted molar refractivity (Wildman–Crippen MR) is 103 cm³/mol. The highest BCUT2D eigenvalue weighted by Crippen LogP contribution is 2.17. The lowest BCUT2D eigenvalue weighted by Crippen LogP contribution is -2.24. The Labute approximate surface area is 153 Å². The molecule has 132 valence electrons. The molecular formula is C21H22N4O. The monoisotopic (exact) mass is 346 g/mol. The molecule has 3 aromatic rings. The van der Waals surface area contributed by atoms with Gasteiger partial charge in [-0.15, -0.1) is 0 Å². The second kappa shape index (κ2) is 7.78. The van der Waals surface area contributed by atoms with Gasteiger partial charge in [0.15, 0.2) is 0 Å². The van der Waals surface area contributed by atoms with E-state index >= 15 is 0 Å². The lowest BCUT2D eigenvalue weighted by Gasteiger charge is -2.14. The third kappa shape index (κ3) is 4.25. The van der Waals surface area contributed by atoms with E-state index in [4.69, 9.17) is 0 Å². The van der Waals surface area contributed by atoms with E-state index in [1.54, 1.807) is 18.5 Å². The van der Waals surface area contributed by atoms with Crippen LogP contribution in [0.4, 0.5) is 0 Å². The number of nitrogens with zero attached hydrogens (tertiary/aromatic N) is 3. The van der Waals surface area contributed by atoms with Gasteiger partial charge in [-0.2, -0.15) is 5.10 Å². The molecule has 26 heavy (non-hydrogen) atoms. The van der Waals surface area contributed by atoms with Crippen LogP contribution in [0.2, 0.25) is 0 Å². The van der Waals surface area contributed by atoms with Crippen molar-refractivity contribution in [2.24, 2.45) is 0 Å². The van der Waals surface area contributed by atoms with E-state index in [1.165, 1.54) is 6.08 Å². The summed E-state index contributed by atoms with van der Waals surface area (Å²) in [7, 11) is 0. The van der Waals surface area contributed by atoms with E-state index in [2.05, 4.69) is 15.4 Å². The summed E-state index contributed by atoms with van der Waals surface area (Å²) in [4.78, 5) is 16.1. The summed E-state index contributed by atoms with van der Waals surface area (Å²) in [5.41, 5.74) is 5.03. The molecule has 1 amide bonds. The number of hydrogen-bond acceptors (Lipinski definition) is 3. The van der Waals surface area contributed by atoms with Crippen LogP contribution in [0.1, 0.15) is 35.5 Å². The largest absolute Gasteiger partial charge is 0.346 e. The summed E-state index contributed by atoms with van der Waals surface area (Å²) in [6.07, 6.45) is 6.69. The summed E-state index contributed by atoms with van der Waals surface area (Å²) >= 11 is 0. The fourth-order valence-electron chi connectivity index (χ4n) is 2.79. The summed E-state index contributed by atoms with van der Waals surface area (Å²) in [5, 5.41) is 7.46. The van der Waals surface area contributed by atoms with Gasteiger partial charge in [-0.1, -0.05) is 18.2 Å². The number of rotatable bonds is 5. The van der Waals surface area contributed by atoms with Gasteiger partial charge < -0.3 is 5.32 Å². The number of amides is 1. The molecule has 1 atom stereocenters. The Bertz CT molecular complexity index is 911. The van der Waals surface area contributed by atoms with Crippen molar-refractivity contribution >= 4 is 12.0 Å². The molecule has 2 heterocycles. The van der Waals surface area contributed by atoms with Gasteiger partial charge in [-0.05, 0) is 62.2 Å². The molecule has 3 rings (SSSR count). The molecule has 0 radical (unpaired) electrons. The average Bonchev–Trinajstić information content (AvgIpc) is 2.99. The molecule has 2 aromatic heterocycles. The topological polar surface area (TPSA) is 59.8 Å². The molecule has 0 aliphatic heterocycles. The Hall–Kier alpha value is -3.21. The zero-order valence-corrected chi connectivity index (χ0v) is 15.2. The second-order valence-electron chi connectivity index (χ2n) is 6.28. The molecular weight excluding hydrogens is 324 g/mol. The maximum Gasteiger partial charge on any atom is 0.244 e. The van der Waals surface area contributed by atoms with Crippen molar-refractivity contribution in [2.45, 2.75) is 26.8 Å². The normalized spacial score (nSPS) is 12.3. The molecule has 0 saturated carbocycles. The van der Waals surface area contributed by atoms with Crippen molar-refractivity contribution in [2.75, 3.05) is 0 Å².